The topological polar surface area (TPSA) is 89.9 Å². The minimum Gasteiger partial charge on any atom is -0.394 e. The van der Waals surface area contributed by atoms with E-state index in [0.29, 0.717) is 17.7 Å². The van der Waals surface area contributed by atoms with Crippen LogP contribution in [0.4, 0.5) is 10.5 Å². The number of ketones is 1. The Hall–Kier alpha value is -1.92. The zero-order chi connectivity index (χ0) is 14.7. The SMILES string of the molecule is CC(=O)c1cccc(NC(=O)N2C[C@@H](O)C[C@@H]2CO)c1. The van der Waals surface area contributed by atoms with Gasteiger partial charge in [0.1, 0.15) is 0 Å². The number of urea groups is 1. The lowest BCUT2D eigenvalue weighted by molar-refractivity contribution is 0.101. The number of likely N-dealkylation sites (tertiary alicyclic amines) is 1. The molecular formula is C14H18N2O4. The third-order valence-electron chi connectivity index (χ3n) is 3.38. The molecule has 1 aromatic rings. The van der Waals surface area contributed by atoms with E-state index in [1.165, 1.54) is 11.8 Å². The molecule has 0 bridgehead atoms. The molecule has 20 heavy (non-hydrogen) atoms. The molecule has 108 valence electrons. The van der Waals surface area contributed by atoms with Crippen molar-refractivity contribution in [2.24, 2.45) is 0 Å². The van der Waals surface area contributed by atoms with Gasteiger partial charge in [0.15, 0.2) is 5.78 Å². The third kappa shape index (κ3) is 3.15. The number of carbonyl (C=O) groups is 2. The molecule has 2 amide bonds. The van der Waals surface area contributed by atoms with Crippen molar-refractivity contribution in [3.8, 4) is 0 Å². The van der Waals surface area contributed by atoms with Crippen LogP contribution in [0, 0.1) is 0 Å². The molecule has 1 fully saturated rings. The maximum atomic E-state index is 12.1. The molecule has 0 aliphatic carbocycles. The molecule has 1 aliphatic heterocycles. The van der Waals surface area contributed by atoms with Crippen molar-refractivity contribution in [1.82, 2.24) is 4.90 Å². The van der Waals surface area contributed by atoms with Crippen LogP contribution in [-0.4, -0.2) is 52.2 Å². The van der Waals surface area contributed by atoms with Crippen LogP contribution in [0.1, 0.15) is 23.7 Å². The number of nitrogens with one attached hydrogen (secondary N) is 1. The highest BCUT2D eigenvalue weighted by Crippen LogP contribution is 2.19. The largest absolute Gasteiger partial charge is 0.394 e. The summed E-state index contributed by atoms with van der Waals surface area (Å²) in [6, 6.07) is 5.89. The lowest BCUT2D eigenvalue weighted by Crippen LogP contribution is -2.40. The van der Waals surface area contributed by atoms with Crippen molar-refractivity contribution < 1.29 is 19.8 Å². The first-order chi connectivity index (χ1) is 9.51. The fourth-order valence-corrected chi connectivity index (χ4v) is 2.33. The summed E-state index contributed by atoms with van der Waals surface area (Å²) >= 11 is 0. The second-order valence-electron chi connectivity index (χ2n) is 4.95. The summed E-state index contributed by atoms with van der Waals surface area (Å²) in [5.41, 5.74) is 1.03. The molecule has 3 N–H and O–H groups in total. The van der Waals surface area contributed by atoms with E-state index >= 15 is 0 Å². The summed E-state index contributed by atoms with van der Waals surface area (Å²) in [5, 5.41) is 21.4. The molecule has 1 heterocycles. The molecule has 2 rings (SSSR count). The average molecular weight is 278 g/mol. The summed E-state index contributed by atoms with van der Waals surface area (Å²) in [7, 11) is 0. The Morgan fingerprint density at radius 3 is 2.85 bits per heavy atom. The van der Waals surface area contributed by atoms with Crippen LogP contribution in [0.5, 0.6) is 0 Å². The van der Waals surface area contributed by atoms with Crippen molar-refractivity contribution in [2.45, 2.75) is 25.5 Å². The molecule has 1 saturated heterocycles. The van der Waals surface area contributed by atoms with Gasteiger partial charge in [-0.3, -0.25) is 4.79 Å². The Labute approximate surface area is 117 Å². The number of rotatable bonds is 3. The molecule has 1 aliphatic rings. The normalized spacial score (nSPS) is 21.9. The number of Topliss-reactive ketones (excluding diaryl/α,β-unsaturated/α-hetero) is 1. The highest BCUT2D eigenvalue weighted by Gasteiger charge is 2.33. The summed E-state index contributed by atoms with van der Waals surface area (Å²) in [6.45, 7) is 1.47. The highest BCUT2D eigenvalue weighted by atomic mass is 16.3. The summed E-state index contributed by atoms with van der Waals surface area (Å²) in [5.74, 6) is -0.0778. The molecule has 0 saturated carbocycles. The number of aliphatic hydroxyl groups is 2. The van der Waals surface area contributed by atoms with Crippen molar-refractivity contribution in [2.75, 3.05) is 18.5 Å². The van der Waals surface area contributed by atoms with Gasteiger partial charge in [-0.05, 0) is 25.5 Å². The minimum atomic E-state index is -0.610. The molecule has 0 unspecified atom stereocenters. The van der Waals surface area contributed by atoms with Gasteiger partial charge >= 0.3 is 6.03 Å². The van der Waals surface area contributed by atoms with Gasteiger partial charge in [0.2, 0.25) is 0 Å². The first kappa shape index (κ1) is 14.5. The molecule has 6 heteroatoms. The van der Waals surface area contributed by atoms with Crippen LogP contribution in [0.25, 0.3) is 0 Å². The van der Waals surface area contributed by atoms with Crippen LogP contribution in [-0.2, 0) is 0 Å². The quantitative estimate of drug-likeness (QED) is 0.715. The number of carbonyl (C=O) groups excluding carboxylic acids is 2. The third-order valence-corrected chi connectivity index (χ3v) is 3.38. The van der Waals surface area contributed by atoms with Crippen LogP contribution in [0.3, 0.4) is 0 Å². The van der Waals surface area contributed by atoms with Gasteiger partial charge in [0.25, 0.3) is 0 Å². The number of aliphatic hydroxyl groups excluding tert-OH is 2. The number of hydrogen-bond acceptors (Lipinski definition) is 4. The summed E-state index contributed by atoms with van der Waals surface area (Å²) < 4.78 is 0. The van der Waals surface area contributed by atoms with Crippen LogP contribution < -0.4 is 5.32 Å². The fourth-order valence-electron chi connectivity index (χ4n) is 2.33. The smallest absolute Gasteiger partial charge is 0.322 e. The van der Waals surface area contributed by atoms with Crippen LogP contribution in [0.15, 0.2) is 24.3 Å². The predicted octanol–water partition coefficient (Wildman–Crippen LogP) is 0.849. The minimum absolute atomic E-state index is 0.0778. The number of hydrogen-bond donors (Lipinski definition) is 3. The van der Waals surface area contributed by atoms with E-state index in [4.69, 9.17) is 0 Å². The number of amides is 2. The lowest BCUT2D eigenvalue weighted by atomic mass is 10.1. The molecular weight excluding hydrogens is 260 g/mol. The van der Waals surface area contributed by atoms with Gasteiger partial charge in [0, 0.05) is 17.8 Å². The Balaban J connectivity index is 2.08. The second-order valence-corrected chi connectivity index (χ2v) is 4.95. The number of anilines is 1. The van der Waals surface area contributed by atoms with Crippen molar-refractivity contribution >= 4 is 17.5 Å². The van der Waals surface area contributed by atoms with Gasteiger partial charge in [-0.2, -0.15) is 0 Å². The monoisotopic (exact) mass is 278 g/mol. The Morgan fingerprint density at radius 1 is 1.45 bits per heavy atom. The zero-order valence-corrected chi connectivity index (χ0v) is 11.2. The fraction of sp³-hybridized carbons (Fsp3) is 0.429. The lowest BCUT2D eigenvalue weighted by Gasteiger charge is -2.23. The van der Waals surface area contributed by atoms with E-state index in [0.717, 1.165) is 0 Å². The average Bonchev–Trinajstić information content (AvgIpc) is 2.80. The first-order valence-corrected chi connectivity index (χ1v) is 6.49. The summed E-state index contributed by atoms with van der Waals surface area (Å²) in [6.07, 6.45) is -0.237. The number of nitrogens with zero attached hydrogens (tertiary/aromatic N) is 1. The first-order valence-electron chi connectivity index (χ1n) is 6.49. The van der Waals surface area contributed by atoms with Gasteiger partial charge in [-0.25, -0.2) is 4.79 Å². The van der Waals surface area contributed by atoms with Gasteiger partial charge in [0.05, 0.1) is 18.8 Å². The van der Waals surface area contributed by atoms with Crippen LogP contribution >= 0.6 is 0 Å². The van der Waals surface area contributed by atoms with E-state index in [9.17, 15) is 19.8 Å². The van der Waals surface area contributed by atoms with Gasteiger partial charge in [-0.1, -0.05) is 12.1 Å². The van der Waals surface area contributed by atoms with Crippen LogP contribution in [0.2, 0.25) is 0 Å². The molecule has 6 nitrogen and oxygen atoms in total. The molecule has 0 radical (unpaired) electrons. The molecule has 2 atom stereocenters. The van der Waals surface area contributed by atoms with Crippen molar-refractivity contribution in [1.29, 1.82) is 0 Å². The zero-order valence-electron chi connectivity index (χ0n) is 11.2. The molecule has 1 aromatic carbocycles. The summed E-state index contributed by atoms with van der Waals surface area (Å²) in [4.78, 5) is 24.8. The molecule has 0 aromatic heterocycles. The van der Waals surface area contributed by atoms with E-state index in [-0.39, 0.29) is 31.0 Å². The Kier molecular flexibility index (Phi) is 4.36. The second kappa shape index (κ2) is 6.02. The maximum absolute atomic E-state index is 12.1. The Morgan fingerprint density at radius 2 is 2.20 bits per heavy atom. The van der Waals surface area contributed by atoms with Crippen molar-refractivity contribution in [3.63, 3.8) is 0 Å². The van der Waals surface area contributed by atoms with E-state index in [1.807, 2.05) is 0 Å². The van der Waals surface area contributed by atoms with Gasteiger partial charge < -0.3 is 20.4 Å². The van der Waals surface area contributed by atoms with E-state index < -0.39 is 6.10 Å². The standard InChI is InChI=1S/C14H18N2O4/c1-9(18)10-3-2-4-11(5-10)15-14(20)16-7-13(19)6-12(16)8-17/h2-5,12-13,17,19H,6-8H2,1H3,(H,15,20)/t12-,13+/m1/s1. The molecule has 0 spiro atoms. The number of β-amino-alcohol motifs (C(OH)–C–C–N with tert-alkyl or cyclic N) is 1. The van der Waals surface area contributed by atoms with Crippen molar-refractivity contribution in [3.05, 3.63) is 29.8 Å². The highest BCUT2D eigenvalue weighted by molar-refractivity contribution is 5.96. The predicted molar refractivity (Wildman–Crippen MR) is 73.7 cm³/mol. The van der Waals surface area contributed by atoms with E-state index in [1.54, 1.807) is 24.3 Å². The van der Waals surface area contributed by atoms with E-state index in [2.05, 4.69) is 5.32 Å². The van der Waals surface area contributed by atoms with Gasteiger partial charge in [-0.15, -0.1) is 0 Å². The number of benzene rings is 1. The Bertz CT molecular complexity index is 518. The maximum Gasteiger partial charge on any atom is 0.322 e.